The smallest absolute Gasteiger partial charge is 0.339 e. The first-order valence-corrected chi connectivity index (χ1v) is 7.28. The van der Waals surface area contributed by atoms with E-state index in [0.717, 1.165) is 36.9 Å². The molecule has 1 aromatic rings. The number of carboxylic acid groups (broad SMARTS) is 1. The van der Waals surface area contributed by atoms with Crippen molar-refractivity contribution in [2.75, 3.05) is 24.6 Å². The van der Waals surface area contributed by atoms with Crippen LogP contribution < -0.4 is 4.90 Å². The molecule has 1 fully saturated rings. The molecule has 5 nitrogen and oxygen atoms in total. The number of aryl methyl sites for hydroxylation is 2. The SMILES string of the molecule is CC1CN(c2nc3c(cc2C(=O)O)CCCC3)CCO1. The van der Waals surface area contributed by atoms with E-state index in [1.165, 1.54) is 0 Å². The maximum absolute atomic E-state index is 11.5. The third-order valence-corrected chi connectivity index (χ3v) is 4.05. The summed E-state index contributed by atoms with van der Waals surface area (Å²) < 4.78 is 5.53. The maximum Gasteiger partial charge on any atom is 0.339 e. The van der Waals surface area contributed by atoms with Gasteiger partial charge in [0.2, 0.25) is 0 Å². The Labute approximate surface area is 118 Å². The van der Waals surface area contributed by atoms with Gasteiger partial charge in [0.1, 0.15) is 11.4 Å². The van der Waals surface area contributed by atoms with Gasteiger partial charge in [0.15, 0.2) is 0 Å². The minimum atomic E-state index is -0.889. The van der Waals surface area contributed by atoms with Crippen molar-refractivity contribution in [1.29, 1.82) is 0 Å². The lowest BCUT2D eigenvalue weighted by Gasteiger charge is -2.33. The standard InChI is InChI=1S/C15H20N2O3/c1-10-9-17(6-7-20-10)14-12(15(18)19)8-11-4-2-3-5-13(11)16-14/h8,10H,2-7,9H2,1H3,(H,18,19). The third kappa shape index (κ3) is 2.50. The monoisotopic (exact) mass is 276 g/mol. The number of anilines is 1. The molecular weight excluding hydrogens is 256 g/mol. The van der Waals surface area contributed by atoms with Crippen LogP contribution in [0.4, 0.5) is 5.82 Å². The Morgan fingerprint density at radius 2 is 2.25 bits per heavy atom. The lowest BCUT2D eigenvalue weighted by Crippen LogP contribution is -2.42. The Kier molecular flexibility index (Phi) is 3.61. The first-order valence-electron chi connectivity index (χ1n) is 7.28. The molecule has 1 aliphatic heterocycles. The van der Waals surface area contributed by atoms with Crippen LogP contribution in [-0.4, -0.2) is 41.9 Å². The minimum absolute atomic E-state index is 0.114. The van der Waals surface area contributed by atoms with Gasteiger partial charge in [0.25, 0.3) is 0 Å². The summed E-state index contributed by atoms with van der Waals surface area (Å²) in [7, 11) is 0. The molecule has 0 amide bonds. The summed E-state index contributed by atoms with van der Waals surface area (Å²) in [6.07, 6.45) is 4.29. The number of carboxylic acids is 1. The highest BCUT2D eigenvalue weighted by Crippen LogP contribution is 2.28. The van der Waals surface area contributed by atoms with Gasteiger partial charge >= 0.3 is 5.97 Å². The van der Waals surface area contributed by atoms with Crippen LogP contribution in [0.1, 0.15) is 41.4 Å². The number of carbonyl (C=O) groups is 1. The van der Waals surface area contributed by atoms with Crippen LogP contribution in [0.5, 0.6) is 0 Å². The second kappa shape index (κ2) is 5.40. The van der Waals surface area contributed by atoms with Crippen LogP contribution in [0.3, 0.4) is 0 Å². The molecule has 0 bridgehead atoms. The van der Waals surface area contributed by atoms with Crippen LogP contribution >= 0.6 is 0 Å². The molecule has 1 aliphatic carbocycles. The van der Waals surface area contributed by atoms with Crippen molar-refractivity contribution in [3.8, 4) is 0 Å². The molecule has 1 saturated heterocycles. The van der Waals surface area contributed by atoms with Crippen molar-refractivity contribution >= 4 is 11.8 Å². The zero-order chi connectivity index (χ0) is 14.1. The van der Waals surface area contributed by atoms with Gasteiger partial charge in [0.05, 0.1) is 12.7 Å². The summed E-state index contributed by atoms with van der Waals surface area (Å²) >= 11 is 0. The van der Waals surface area contributed by atoms with Crippen molar-refractivity contribution in [2.45, 2.75) is 38.7 Å². The van der Waals surface area contributed by atoms with Gasteiger partial charge in [-0.25, -0.2) is 9.78 Å². The average molecular weight is 276 g/mol. The second-order valence-corrected chi connectivity index (χ2v) is 5.61. The maximum atomic E-state index is 11.5. The number of ether oxygens (including phenoxy) is 1. The Morgan fingerprint density at radius 3 is 3.00 bits per heavy atom. The largest absolute Gasteiger partial charge is 0.478 e. The minimum Gasteiger partial charge on any atom is -0.478 e. The molecule has 3 rings (SSSR count). The number of aromatic nitrogens is 1. The number of aromatic carboxylic acids is 1. The first kappa shape index (κ1) is 13.4. The van der Waals surface area contributed by atoms with Gasteiger partial charge in [-0.15, -0.1) is 0 Å². The van der Waals surface area contributed by atoms with E-state index >= 15 is 0 Å². The van der Waals surface area contributed by atoms with E-state index < -0.39 is 5.97 Å². The van der Waals surface area contributed by atoms with Crippen LogP contribution in [-0.2, 0) is 17.6 Å². The number of rotatable bonds is 2. The number of hydrogen-bond acceptors (Lipinski definition) is 4. The number of morpholine rings is 1. The summed E-state index contributed by atoms with van der Waals surface area (Å²) in [5, 5.41) is 9.47. The van der Waals surface area contributed by atoms with Crippen LogP contribution in [0, 0.1) is 0 Å². The molecule has 0 aromatic carbocycles. The average Bonchev–Trinajstić information content (AvgIpc) is 2.46. The molecule has 0 spiro atoms. The molecule has 108 valence electrons. The molecule has 1 N–H and O–H groups in total. The van der Waals surface area contributed by atoms with Crippen molar-refractivity contribution in [3.05, 3.63) is 22.9 Å². The Morgan fingerprint density at radius 1 is 1.45 bits per heavy atom. The molecule has 1 aromatic heterocycles. The zero-order valence-electron chi connectivity index (χ0n) is 11.8. The number of pyridine rings is 1. The van der Waals surface area contributed by atoms with Crippen LogP contribution in [0.25, 0.3) is 0 Å². The lowest BCUT2D eigenvalue weighted by molar-refractivity contribution is 0.0524. The molecule has 0 saturated carbocycles. The highest BCUT2D eigenvalue weighted by atomic mass is 16.5. The fourth-order valence-corrected chi connectivity index (χ4v) is 3.03. The summed E-state index contributed by atoms with van der Waals surface area (Å²) in [5.41, 5.74) is 2.52. The van der Waals surface area contributed by atoms with Crippen LogP contribution in [0.2, 0.25) is 0 Å². The van der Waals surface area contributed by atoms with E-state index in [4.69, 9.17) is 4.74 Å². The molecule has 2 aliphatic rings. The van der Waals surface area contributed by atoms with Gasteiger partial charge in [-0.1, -0.05) is 0 Å². The number of fused-ring (bicyclic) bond motifs is 1. The fourth-order valence-electron chi connectivity index (χ4n) is 3.03. The Balaban J connectivity index is 2.01. The van der Waals surface area contributed by atoms with E-state index in [9.17, 15) is 9.90 Å². The third-order valence-electron chi connectivity index (χ3n) is 4.05. The van der Waals surface area contributed by atoms with E-state index in [1.54, 1.807) is 0 Å². The second-order valence-electron chi connectivity index (χ2n) is 5.61. The van der Waals surface area contributed by atoms with E-state index in [2.05, 4.69) is 4.98 Å². The van der Waals surface area contributed by atoms with Crippen molar-refractivity contribution < 1.29 is 14.6 Å². The number of hydrogen-bond donors (Lipinski definition) is 1. The predicted molar refractivity (Wildman–Crippen MR) is 75.5 cm³/mol. The summed E-state index contributed by atoms with van der Waals surface area (Å²) in [6, 6.07) is 1.83. The fraction of sp³-hybridized carbons (Fsp3) is 0.600. The van der Waals surface area contributed by atoms with E-state index in [-0.39, 0.29) is 6.10 Å². The quantitative estimate of drug-likeness (QED) is 0.893. The summed E-state index contributed by atoms with van der Waals surface area (Å²) in [4.78, 5) is 18.3. The molecule has 1 unspecified atom stereocenters. The van der Waals surface area contributed by atoms with Gasteiger partial charge in [-0.3, -0.25) is 0 Å². The van der Waals surface area contributed by atoms with Gasteiger partial charge < -0.3 is 14.7 Å². The van der Waals surface area contributed by atoms with E-state index in [1.807, 2.05) is 17.9 Å². The van der Waals surface area contributed by atoms with Crippen molar-refractivity contribution in [1.82, 2.24) is 4.98 Å². The van der Waals surface area contributed by atoms with Gasteiger partial charge in [-0.05, 0) is 44.2 Å². The topological polar surface area (TPSA) is 62.7 Å². The number of nitrogens with zero attached hydrogens (tertiary/aromatic N) is 2. The van der Waals surface area contributed by atoms with E-state index in [0.29, 0.717) is 31.1 Å². The molecule has 0 radical (unpaired) electrons. The predicted octanol–water partition coefficient (Wildman–Crippen LogP) is 1.88. The Hall–Kier alpha value is -1.62. The first-order chi connectivity index (χ1) is 9.65. The normalized spacial score (nSPS) is 22.4. The molecule has 2 heterocycles. The van der Waals surface area contributed by atoms with Gasteiger partial charge in [-0.2, -0.15) is 0 Å². The Bertz CT molecular complexity index is 530. The van der Waals surface area contributed by atoms with Crippen molar-refractivity contribution in [2.24, 2.45) is 0 Å². The zero-order valence-corrected chi connectivity index (χ0v) is 11.8. The summed E-state index contributed by atoms with van der Waals surface area (Å²) in [5.74, 6) is -0.270. The lowest BCUT2D eigenvalue weighted by atomic mass is 9.94. The molecule has 5 heteroatoms. The highest BCUT2D eigenvalue weighted by molar-refractivity contribution is 5.93. The van der Waals surface area contributed by atoms with Gasteiger partial charge in [0, 0.05) is 18.8 Å². The molecular formula is C15H20N2O3. The highest BCUT2D eigenvalue weighted by Gasteiger charge is 2.25. The molecule has 1 atom stereocenters. The molecule has 20 heavy (non-hydrogen) atoms. The summed E-state index contributed by atoms with van der Waals surface area (Å²) in [6.45, 7) is 4.03. The van der Waals surface area contributed by atoms with Crippen LogP contribution in [0.15, 0.2) is 6.07 Å². The van der Waals surface area contributed by atoms with Crippen molar-refractivity contribution in [3.63, 3.8) is 0 Å².